The summed E-state index contributed by atoms with van der Waals surface area (Å²) in [6, 6.07) is 8.43. The van der Waals surface area contributed by atoms with Crippen molar-refractivity contribution in [2.24, 2.45) is 0 Å². The molecule has 4 nitrogen and oxygen atoms in total. The first-order valence-electron chi connectivity index (χ1n) is 6.68. The number of aromatic amines is 1. The van der Waals surface area contributed by atoms with Crippen LogP contribution in [0.1, 0.15) is 16.8 Å². The van der Waals surface area contributed by atoms with Crippen LogP contribution in [0.15, 0.2) is 24.3 Å². The van der Waals surface area contributed by atoms with Gasteiger partial charge < -0.3 is 14.8 Å². The first-order chi connectivity index (χ1) is 9.20. The molecule has 2 heterocycles. The lowest BCUT2D eigenvalue weighted by Gasteiger charge is -2.25. The highest BCUT2D eigenvalue weighted by Crippen LogP contribution is 2.29. The predicted molar refractivity (Wildman–Crippen MR) is 78.0 cm³/mol. The van der Waals surface area contributed by atoms with Crippen LogP contribution in [0.5, 0.6) is 0 Å². The number of likely N-dealkylation sites (N-methyl/N-ethyl adjacent to an activating group) is 2. The van der Waals surface area contributed by atoms with E-state index in [0.717, 1.165) is 48.1 Å². The summed E-state index contributed by atoms with van der Waals surface area (Å²) in [6.45, 7) is 2.16. The Balaban J connectivity index is 2.02. The number of carbonyl (C=O) groups is 1. The molecule has 0 spiro atoms. The van der Waals surface area contributed by atoms with Crippen LogP contribution in [0.4, 0.5) is 5.82 Å². The maximum Gasteiger partial charge on any atom is 0.154 e. The zero-order valence-electron chi connectivity index (χ0n) is 11.4. The third-order valence-electron chi connectivity index (χ3n) is 4.11. The van der Waals surface area contributed by atoms with Gasteiger partial charge in [-0.2, -0.15) is 0 Å². The summed E-state index contributed by atoms with van der Waals surface area (Å²) < 4.78 is 0. The number of para-hydroxylation sites is 1. The van der Waals surface area contributed by atoms with Crippen LogP contribution in [0.3, 0.4) is 0 Å². The number of rotatable bonds is 3. The van der Waals surface area contributed by atoms with Crippen LogP contribution < -0.4 is 4.90 Å². The van der Waals surface area contributed by atoms with Crippen molar-refractivity contribution in [1.29, 1.82) is 0 Å². The molecule has 1 atom stereocenters. The maximum atomic E-state index is 11.4. The van der Waals surface area contributed by atoms with Crippen LogP contribution in [0, 0.1) is 0 Å². The Morgan fingerprint density at radius 1 is 1.42 bits per heavy atom. The number of fused-ring (bicyclic) bond motifs is 1. The minimum Gasteiger partial charge on any atom is -0.356 e. The van der Waals surface area contributed by atoms with Crippen LogP contribution in [-0.4, -0.2) is 49.4 Å². The molecule has 0 bridgehead atoms. The lowest BCUT2D eigenvalue weighted by molar-refractivity contribution is 0.112. The molecule has 19 heavy (non-hydrogen) atoms. The van der Waals surface area contributed by atoms with E-state index in [1.165, 1.54) is 0 Å². The number of nitrogens with zero attached hydrogens (tertiary/aromatic N) is 2. The number of hydrogen-bond acceptors (Lipinski definition) is 3. The van der Waals surface area contributed by atoms with E-state index in [2.05, 4.69) is 28.9 Å². The fourth-order valence-corrected chi connectivity index (χ4v) is 2.96. The Morgan fingerprint density at radius 2 is 2.21 bits per heavy atom. The molecule has 1 aromatic heterocycles. The zero-order chi connectivity index (χ0) is 13.4. The molecule has 0 saturated carbocycles. The summed E-state index contributed by atoms with van der Waals surface area (Å²) in [4.78, 5) is 19.4. The predicted octanol–water partition coefficient (Wildman–Crippen LogP) is 2.12. The minimum atomic E-state index is 0.469. The fraction of sp³-hybridized carbons (Fsp3) is 0.400. The Morgan fingerprint density at radius 3 is 2.89 bits per heavy atom. The third-order valence-corrected chi connectivity index (χ3v) is 4.11. The van der Waals surface area contributed by atoms with Crippen molar-refractivity contribution in [1.82, 2.24) is 9.88 Å². The third kappa shape index (κ3) is 2.02. The molecule has 3 rings (SSSR count). The summed E-state index contributed by atoms with van der Waals surface area (Å²) in [5, 5.41) is 1.01. The van der Waals surface area contributed by atoms with Crippen LogP contribution in [0.25, 0.3) is 10.9 Å². The molecular formula is C15H19N3O. The Kier molecular flexibility index (Phi) is 3.03. The van der Waals surface area contributed by atoms with Crippen LogP contribution in [-0.2, 0) is 0 Å². The molecule has 100 valence electrons. The Hall–Kier alpha value is -1.81. The van der Waals surface area contributed by atoms with E-state index in [-0.39, 0.29) is 0 Å². The number of benzene rings is 1. The Labute approximate surface area is 113 Å². The van der Waals surface area contributed by atoms with Gasteiger partial charge in [0.1, 0.15) is 5.82 Å². The molecule has 2 aromatic rings. The smallest absolute Gasteiger partial charge is 0.154 e. The van der Waals surface area contributed by atoms with E-state index in [1.807, 2.05) is 24.3 Å². The van der Waals surface area contributed by atoms with Crippen molar-refractivity contribution in [3.05, 3.63) is 29.8 Å². The fourth-order valence-electron chi connectivity index (χ4n) is 2.96. The standard InChI is InChI=1S/C15H19N3O/c1-17-8-7-11(9-17)18(2)15-13(10-19)12-5-3-4-6-14(12)16-15/h3-6,10-11,16H,7-9H2,1-2H3. The van der Waals surface area contributed by atoms with E-state index in [4.69, 9.17) is 0 Å². The molecule has 1 aromatic carbocycles. The van der Waals surface area contributed by atoms with Crippen molar-refractivity contribution >= 4 is 23.0 Å². The highest BCUT2D eigenvalue weighted by Gasteiger charge is 2.26. The molecule has 1 fully saturated rings. The Bertz CT molecular complexity index is 604. The molecular weight excluding hydrogens is 238 g/mol. The summed E-state index contributed by atoms with van der Waals surface area (Å²) in [6.07, 6.45) is 2.10. The summed E-state index contributed by atoms with van der Waals surface area (Å²) >= 11 is 0. The molecule has 0 aliphatic carbocycles. The number of H-pyrrole nitrogens is 1. The maximum absolute atomic E-state index is 11.4. The van der Waals surface area contributed by atoms with Gasteiger partial charge in [0.05, 0.1) is 5.56 Å². The number of carbonyl (C=O) groups excluding carboxylic acids is 1. The average Bonchev–Trinajstić information content (AvgIpc) is 3.01. The van der Waals surface area contributed by atoms with Gasteiger partial charge >= 0.3 is 0 Å². The lowest BCUT2D eigenvalue weighted by Crippen LogP contribution is -2.34. The normalized spacial score (nSPS) is 20.0. The molecule has 1 unspecified atom stereocenters. The number of hydrogen-bond donors (Lipinski definition) is 1. The number of nitrogens with one attached hydrogen (secondary N) is 1. The minimum absolute atomic E-state index is 0.469. The highest BCUT2D eigenvalue weighted by molar-refractivity contribution is 6.03. The monoisotopic (exact) mass is 257 g/mol. The molecule has 4 heteroatoms. The lowest BCUT2D eigenvalue weighted by atomic mass is 10.1. The number of likely N-dealkylation sites (tertiary alicyclic amines) is 1. The summed E-state index contributed by atoms with van der Waals surface area (Å²) in [5.74, 6) is 0.941. The first-order valence-corrected chi connectivity index (χ1v) is 6.68. The van der Waals surface area contributed by atoms with Gasteiger partial charge in [-0.1, -0.05) is 18.2 Å². The molecule has 0 amide bonds. The van der Waals surface area contributed by atoms with Gasteiger partial charge in [0, 0.05) is 30.5 Å². The van der Waals surface area contributed by atoms with Crippen molar-refractivity contribution in [2.75, 3.05) is 32.1 Å². The molecule has 1 aliphatic rings. The second-order valence-corrected chi connectivity index (χ2v) is 5.37. The summed E-state index contributed by atoms with van der Waals surface area (Å²) in [5.41, 5.74) is 1.80. The van der Waals surface area contributed by atoms with Gasteiger partial charge in [-0.05, 0) is 26.1 Å². The SMILES string of the molecule is CN1CCC(N(C)c2[nH]c3ccccc3c2C=O)C1. The van der Waals surface area contributed by atoms with Gasteiger partial charge in [-0.15, -0.1) is 0 Å². The second-order valence-electron chi connectivity index (χ2n) is 5.37. The van der Waals surface area contributed by atoms with Gasteiger partial charge in [0.2, 0.25) is 0 Å². The van der Waals surface area contributed by atoms with E-state index >= 15 is 0 Å². The highest BCUT2D eigenvalue weighted by atomic mass is 16.1. The van der Waals surface area contributed by atoms with Crippen molar-refractivity contribution < 1.29 is 4.79 Å². The topological polar surface area (TPSA) is 39.3 Å². The van der Waals surface area contributed by atoms with Crippen LogP contribution in [0.2, 0.25) is 0 Å². The van der Waals surface area contributed by atoms with Gasteiger partial charge in [-0.25, -0.2) is 0 Å². The quantitative estimate of drug-likeness (QED) is 0.856. The van der Waals surface area contributed by atoms with Crippen LogP contribution >= 0.6 is 0 Å². The van der Waals surface area contributed by atoms with E-state index < -0.39 is 0 Å². The van der Waals surface area contributed by atoms with E-state index in [0.29, 0.717) is 6.04 Å². The molecule has 0 radical (unpaired) electrons. The van der Waals surface area contributed by atoms with E-state index in [9.17, 15) is 4.79 Å². The van der Waals surface area contributed by atoms with Gasteiger partial charge in [0.15, 0.2) is 6.29 Å². The number of aldehydes is 1. The zero-order valence-corrected chi connectivity index (χ0v) is 11.4. The van der Waals surface area contributed by atoms with Crippen molar-refractivity contribution in [3.63, 3.8) is 0 Å². The second kappa shape index (κ2) is 4.70. The number of aromatic nitrogens is 1. The molecule has 1 saturated heterocycles. The van der Waals surface area contributed by atoms with E-state index in [1.54, 1.807) is 0 Å². The average molecular weight is 257 g/mol. The molecule has 1 aliphatic heterocycles. The molecule has 1 N–H and O–H groups in total. The van der Waals surface area contributed by atoms with Crippen molar-refractivity contribution in [2.45, 2.75) is 12.5 Å². The number of anilines is 1. The largest absolute Gasteiger partial charge is 0.356 e. The van der Waals surface area contributed by atoms with Gasteiger partial charge in [0.25, 0.3) is 0 Å². The first kappa shape index (κ1) is 12.2. The summed E-state index contributed by atoms with van der Waals surface area (Å²) in [7, 11) is 4.21. The van der Waals surface area contributed by atoms with Gasteiger partial charge in [-0.3, -0.25) is 4.79 Å². The van der Waals surface area contributed by atoms with Crippen molar-refractivity contribution in [3.8, 4) is 0 Å².